The second-order valence-electron chi connectivity index (χ2n) is 13.0. The number of benzene rings is 1. The lowest BCUT2D eigenvalue weighted by molar-refractivity contribution is -0.223. The van der Waals surface area contributed by atoms with Crippen LogP contribution < -0.4 is 9.47 Å². The van der Waals surface area contributed by atoms with E-state index in [9.17, 15) is 26.3 Å². The quantitative estimate of drug-likeness (QED) is 0.129. The van der Waals surface area contributed by atoms with Crippen LogP contribution in [-0.2, 0) is 0 Å². The number of halogens is 8. The maximum Gasteiger partial charge on any atom is 0.400 e. The van der Waals surface area contributed by atoms with E-state index in [4.69, 9.17) is 0 Å². The van der Waals surface area contributed by atoms with Crippen LogP contribution in [0.15, 0.2) is 36.1 Å². The van der Waals surface area contributed by atoms with Crippen LogP contribution in [0.3, 0.4) is 0 Å². The molecule has 248 valence electrons. The molecule has 0 aromatic heterocycles. The number of hydrogen-bond acceptors (Lipinski definition) is 2. The average molecular weight is 637 g/mol. The normalized spacial score (nSPS) is 28.7. The Morgan fingerprint density at radius 1 is 0.750 bits per heavy atom. The summed E-state index contributed by atoms with van der Waals surface area (Å²) < 4.78 is 122. The van der Waals surface area contributed by atoms with E-state index in [2.05, 4.69) is 16.4 Å². The summed E-state index contributed by atoms with van der Waals surface area (Å²) in [6.07, 6.45) is 6.50. The topological polar surface area (TPSA) is 18.5 Å². The lowest BCUT2D eigenvalue weighted by atomic mass is 9.68. The fraction of sp³-hybridized carbons (Fsp3) is 0.706. The van der Waals surface area contributed by atoms with E-state index in [-0.39, 0.29) is 31.9 Å². The molecule has 0 aliphatic heterocycles. The van der Waals surface area contributed by atoms with Gasteiger partial charge >= 0.3 is 12.2 Å². The van der Waals surface area contributed by atoms with Gasteiger partial charge in [0.25, 0.3) is 0 Å². The van der Waals surface area contributed by atoms with Gasteiger partial charge in [-0.1, -0.05) is 45.4 Å². The number of hydrogen-bond donors (Lipinski definition) is 0. The average Bonchev–Trinajstić information content (AvgIpc) is 3.00. The molecule has 0 unspecified atom stereocenters. The molecular formula is C34H44F8O2. The molecule has 0 radical (unpaired) electrons. The van der Waals surface area contributed by atoms with Gasteiger partial charge in [0, 0.05) is 24.0 Å². The number of unbranched alkanes of at least 4 members (excludes halogenated alkanes) is 2. The van der Waals surface area contributed by atoms with Gasteiger partial charge in [-0.25, -0.2) is 17.6 Å². The third-order valence-corrected chi connectivity index (χ3v) is 10.2. The van der Waals surface area contributed by atoms with Crippen LogP contribution >= 0.6 is 0 Å². The summed E-state index contributed by atoms with van der Waals surface area (Å²) in [7, 11) is 0. The molecule has 44 heavy (non-hydrogen) atoms. The van der Waals surface area contributed by atoms with Gasteiger partial charge in [-0.05, 0) is 82.0 Å². The zero-order valence-corrected chi connectivity index (χ0v) is 25.4. The number of ether oxygens (including phenoxy) is 2. The van der Waals surface area contributed by atoms with Gasteiger partial charge < -0.3 is 9.47 Å². The van der Waals surface area contributed by atoms with Crippen LogP contribution in [0.5, 0.6) is 11.5 Å². The minimum absolute atomic E-state index is 0.00363. The van der Waals surface area contributed by atoms with E-state index >= 15 is 8.78 Å². The third kappa shape index (κ3) is 9.15. The van der Waals surface area contributed by atoms with E-state index in [0.29, 0.717) is 36.8 Å². The van der Waals surface area contributed by atoms with Crippen molar-refractivity contribution >= 4 is 0 Å². The van der Waals surface area contributed by atoms with Gasteiger partial charge in [0.2, 0.25) is 0 Å². The van der Waals surface area contributed by atoms with Crippen LogP contribution in [-0.4, -0.2) is 6.11 Å². The highest BCUT2D eigenvalue weighted by molar-refractivity contribution is 5.35. The van der Waals surface area contributed by atoms with Crippen LogP contribution in [0, 0.1) is 47.1 Å². The SMILES string of the molecule is CCCCCC1CCC(C2CCC(/C(F)=C(\F)C3CCC(C(F)(F)Oc4cc(F)c(OC=C(F)F)c(F)c4)CC3)CC2)CC1. The van der Waals surface area contributed by atoms with Crippen molar-refractivity contribution in [3.63, 3.8) is 0 Å². The highest BCUT2D eigenvalue weighted by Crippen LogP contribution is 2.47. The van der Waals surface area contributed by atoms with Crippen LogP contribution in [0.4, 0.5) is 35.1 Å². The number of allylic oxidation sites excluding steroid dienone is 2. The summed E-state index contributed by atoms with van der Waals surface area (Å²) in [6, 6.07) is 0.822. The summed E-state index contributed by atoms with van der Waals surface area (Å²) in [5, 5.41) is 0. The molecule has 3 aliphatic carbocycles. The lowest BCUT2D eigenvalue weighted by Gasteiger charge is -2.38. The van der Waals surface area contributed by atoms with Gasteiger partial charge in [-0.15, -0.1) is 0 Å². The fourth-order valence-electron chi connectivity index (χ4n) is 7.60. The van der Waals surface area contributed by atoms with E-state index in [1.807, 2.05) is 0 Å². The van der Waals surface area contributed by atoms with E-state index in [1.54, 1.807) is 0 Å². The predicted octanol–water partition coefficient (Wildman–Crippen LogP) is 12.2. The summed E-state index contributed by atoms with van der Waals surface area (Å²) in [6.45, 7) is 2.22. The van der Waals surface area contributed by atoms with Gasteiger partial charge in [0.05, 0.1) is 5.92 Å². The Balaban J connectivity index is 1.24. The summed E-state index contributed by atoms with van der Waals surface area (Å²) in [5.41, 5.74) is 0. The van der Waals surface area contributed by atoms with Crippen molar-refractivity contribution in [2.75, 3.05) is 0 Å². The van der Waals surface area contributed by atoms with Crippen molar-refractivity contribution in [2.45, 2.75) is 116 Å². The molecular weight excluding hydrogens is 592 g/mol. The molecule has 3 aliphatic rings. The van der Waals surface area contributed by atoms with Gasteiger partial charge in [0.1, 0.15) is 17.4 Å². The maximum atomic E-state index is 15.3. The zero-order valence-electron chi connectivity index (χ0n) is 25.4. The highest BCUT2D eigenvalue weighted by Gasteiger charge is 2.45. The first-order valence-electron chi connectivity index (χ1n) is 16.3. The number of rotatable bonds is 12. The number of alkyl halides is 2. The van der Waals surface area contributed by atoms with Crippen LogP contribution in [0.1, 0.15) is 110 Å². The summed E-state index contributed by atoms with van der Waals surface area (Å²) in [5.74, 6) is -7.16. The summed E-state index contributed by atoms with van der Waals surface area (Å²) in [4.78, 5) is 0. The second kappa shape index (κ2) is 15.8. The molecule has 0 bridgehead atoms. The first kappa shape index (κ1) is 34.6. The van der Waals surface area contributed by atoms with Gasteiger partial charge in [-0.3, -0.25) is 0 Å². The minimum Gasteiger partial charge on any atom is -0.453 e. The first-order chi connectivity index (χ1) is 21.0. The molecule has 4 rings (SSSR count). The smallest absolute Gasteiger partial charge is 0.400 e. The Morgan fingerprint density at radius 2 is 1.25 bits per heavy atom. The van der Waals surface area contributed by atoms with E-state index < -0.39 is 64.7 Å². The zero-order chi connectivity index (χ0) is 31.9. The Morgan fingerprint density at radius 3 is 1.75 bits per heavy atom. The van der Waals surface area contributed by atoms with Crippen molar-refractivity contribution < 1.29 is 44.6 Å². The Kier molecular flexibility index (Phi) is 12.5. The molecule has 0 atom stereocenters. The molecule has 3 saturated carbocycles. The van der Waals surface area contributed by atoms with E-state index in [0.717, 1.165) is 18.8 Å². The van der Waals surface area contributed by atoms with Crippen molar-refractivity contribution in [1.29, 1.82) is 0 Å². The molecule has 0 saturated heterocycles. The molecule has 1 aromatic carbocycles. The molecule has 10 heteroatoms. The second-order valence-corrected chi connectivity index (χ2v) is 13.0. The van der Waals surface area contributed by atoms with Gasteiger partial charge in [0.15, 0.2) is 23.6 Å². The van der Waals surface area contributed by atoms with Gasteiger partial charge in [-0.2, -0.15) is 17.6 Å². The molecule has 0 spiro atoms. The molecule has 0 N–H and O–H groups in total. The first-order valence-corrected chi connectivity index (χ1v) is 16.3. The third-order valence-electron chi connectivity index (χ3n) is 10.2. The Hall–Kier alpha value is -2.26. The lowest BCUT2D eigenvalue weighted by Crippen LogP contribution is -2.37. The molecule has 1 aromatic rings. The van der Waals surface area contributed by atoms with Crippen molar-refractivity contribution in [3.8, 4) is 11.5 Å². The minimum atomic E-state index is -3.84. The fourth-order valence-corrected chi connectivity index (χ4v) is 7.60. The van der Waals surface area contributed by atoms with E-state index in [1.165, 1.54) is 51.4 Å². The van der Waals surface area contributed by atoms with Crippen molar-refractivity contribution in [3.05, 3.63) is 47.8 Å². The monoisotopic (exact) mass is 636 g/mol. The highest BCUT2D eigenvalue weighted by atomic mass is 19.3. The van der Waals surface area contributed by atoms with Crippen LogP contribution in [0.25, 0.3) is 0 Å². The summed E-state index contributed by atoms with van der Waals surface area (Å²) >= 11 is 0. The maximum absolute atomic E-state index is 15.3. The molecule has 2 nitrogen and oxygen atoms in total. The molecule has 0 heterocycles. The molecule has 0 amide bonds. The van der Waals surface area contributed by atoms with Crippen molar-refractivity contribution in [1.82, 2.24) is 0 Å². The largest absolute Gasteiger partial charge is 0.453 e. The predicted molar refractivity (Wildman–Crippen MR) is 153 cm³/mol. The Bertz CT molecular complexity index is 1100. The van der Waals surface area contributed by atoms with Crippen molar-refractivity contribution in [2.24, 2.45) is 35.5 Å². The Labute approximate surface area is 255 Å². The van der Waals surface area contributed by atoms with Crippen LogP contribution in [0.2, 0.25) is 0 Å². The molecule has 3 fully saturated rings. The standard InChI is InChI=1S/C34H44F8O2/c1-2-3-4-5-21-6-8-22(9-7-21)23-10-12-24(13-11-23)31(39)32(40)25-14-16-26(17-15-25)34(41,42)44-27-18-28(35)33(29(36)19-27)43-20-30(37)38/h18-26H,2-17H2,1H3/b32-31+.